The van der Waals surface area contributed by atoms with Crippen LogP contribution in [0.2, 0.25) is 0 Å². The minimum atomic E-state index is -0.444. The first-order chi connectivity index (χ1) is 10.1. The third kappa shape index (κ3) is 6.12. The average Bonchev–Trinajstić information content (AvgIpc) is 2.49. The van der Waals surface area contributed by atoms with Crippen molar-refractivity contribution in [2.45, 2.75) is 46.2 Å². The Morgan fingerprint density at radius 1 is 1.29 bits per heavy atom. The number of nitrogens with one attached hydrogen (secondary N) is 2. The largest absolute Gasteiger partial charge is 0.481 e. The van der Waals surface area contributed by atoms with E-state index in [9.17, 15) is 9.18 Å². The Labute approximate surface area is 126 Å². The standard InChI is InChI=1S/C16H25FN2O2/c1-4-13(5-2)19-16(20)11-21-15-8-7-12(9-14(15)17)10-18-6-3/h7-9,13,18H,4-6,10-11H2,1-3H3,(H,19,20). The van der Waals surface area contributed by atoms with Crippen LogP contribution in [0.4, 0.5) is 4.39 Å². The number of hydrogen-bond acceptors (Lipinski definition) is 3. The van der Waals surface area contributed by atoms with Gasteiger partial charge >= 0.3 is 0 Å². The van der Waals surface area contributed by atoms with Crippen LogP contribution in [0.15, 0.2) is 18.2 Å². The second-order valence-corrected chi connectivity index (χ2v) is 4.91. The van der Waals surface area contributed by atoms with E-state index >= 15 is 0 Å². The van der Waals surface area contributed by atoms with Gasteiger partial charge in [0.2, 0.25) is 0 Å². The lowest BCUT2D eigenvalue weighted by Crippen LogP contribution is -2.37. The first-order valence-electron chi connectivity index (χ1n) is 7.51. The first-order valence-corrected chi connectivity index (χ1v) is 7.51. The molecule has 118 valence electrons. The molecule has 0 spiro atoms. The number of hydrogen-bond donors (Lipinski definition) is 2. The Balaban J connectivity index is 2.49. The van der Waals surface area contributed by atoms with Crippen LogP contribution in [-0.2, 0) is 11.3 Å². The van der Waals surface area contributed by atoms with Gasteiger partial charge in [0.25, 0.3) is 5.91 Å². The molecule has 0 atom stereocenters. The molecular formula is C16H25FN2O2. The third-order valence-corrected chi connectivity index (χ3v) is 3.28. The summed E-state index contributed by atoms with van der Waals surface area (Å²) in [6.07, 6.45) is 1.74. The first kappa shape index (κ1) is 17.4. The average molecular weight is 296 g/mol. The van der Waals surface area contributed by atoms with Crippen molar-refractivity contribution in [3.63, 3.8) is 0 Å². The molecule has 0 aliphatic heterocycles. The fourth-order valence-electron chi connectivity index (χ4n) is 1.95. The van der Waals surface area contributed by atoms with Gasteiger partial charge in [-0.15, -0.1) is 0 Å². The van der Waals surface area contributed by atoms with Crippen molar-refractivity contribution in [2.75, 3.05) is 13.2 Å². The zero-order valence-electron chi connectivity index (χ0n) is 13.0. The Hall–Kier alpha value is -1.62. The van der Waals surface area contributed by atoms with Crippen LogP contribution in [0, 0.1) is 5.82 Å². The fraction of sp³-hybridized carbons (Fsp3) is 0.562. The molecule has 0 aliphatic carbocycles. The van der Waals surface area contributed by atoms with Crippen LogP contribution in [-0.4, -0.2) is 25.1 Å². The van der Waals surface area contributed by atoms with E-state index in [4.69, 9.17) is 4.74 Å². The van der Waals surface area contributed by atoms with E-state index in [-0.39, 0.29) is 24.3 Å². The second-order valence-electron chi connectivity index (χ2n) is 4.91. The van der Waals surface area contributed by atoms with Crippen LogP contribution in [0.5, 0.6) is 5.75 Å². The molecule has 4 nitrogen and oxygen atoms in total. The molecule has 0 fully saturated rings. The normalized spacial score (nSPS) is 10.7. The Morgan fingerprint density at radius 3 is 2.57 bits per heavy atom. The van der Waals surface area contributed by atoms with Crippen LogP contribution in [0.1, 0.15) is 39.2 Å². The van der Waals surface area contributed by atoms with E-state index in [2.05, 4.69) is 10.6 Å². The number of amides is 1. The highest BCUT2D eigenvalue weighted by atomic mass is 19.1. The number of benzene rings is 1. The number of carbonyl (C=O) groups excluding carboxylic acids is 1. The summed E-state index contributed by atoms with van der Waals surface area (Å²) < 4.78 is 19.1. The highest BCUT2D eigenvalue weighted by molar-refractivity contribution is 5.77. The summed E-state index contributed by atoms with van der Waals surface area (Å²) in [6, 6.07) is 4.93. The summed E-state index contributed by atoms with van der Waals surface area (Å²) in [6.45, 7) is 7.29. The summed E-state index contributed by atoms with van der Waals surface area (Å²) in [7, 11) is 0. The van der Waals surface area contributed by atoms with Crippen LogP contribution >= 0.6 is 0 Å². The van der Waals surface area contributed by atoms with Crippen molar-refractivity contribution in [1.29, 1.82) is 0 Å². The van der Waals surface area contributed by atoms with Gasteiger partial charge in [0, 0.05) is 12.6 Å². The predicted octanol–water partition coefficient (Wildman–Crippen LogP) is 2.62. The Bertz CT molecular complexity index is 448. The molecule has 0 aliphatic rings. The highest BCUT2D eigenvalue weighted by Gasteiger charge is 2.11. The van der Waals surface area contributed by atoms with Crippen molar-refractivity contribution in [3.8, 4) is 5.75 Å². The van der Waals surface area contributed by atoms with Gasteiger partial charge in [-0.2, -0.15) is 0 Å². The molecule has 2 N–H and O–H groups in total. The second kappa shape index (κ2) is 9.34. The maximum atomic E-state index is 13.8. The van der Waals surface area contributed by atoms with Gasteiger partial charge in [0.15, 0.2) is 18.2 Å². The van der Waals surface area contributed by atoms with Gasteiger partial charge in [-0.25, -0.2) is 4.39 Å². The van der Waals surface area contributed by atoms with Gasteiger partial charge in [0.05, 0.1) is 0 Å². The van der Waals surface area contributed by atoms with Crippen molar-refractivity contribution >= 4 is 5.91 Å². The summed E-state index contributed by atoms with van der Waals surface area (Å²) in [4.78, 5) is 11.7. The topological polar surface area (TPSA) is 50.4 Å². The van der Waals surface area contributed by atoms with Crippen molar-refractivity contribution in [2.24, 2.45) is 0 Å². The number of halogens is 1. The smallest absolute Gasteiger partial charge is 0.258 e. The van der Waals surface area contributed by atoms with Crippen LogP contribution in [0.3, 0.4) is 0 Å². The number of carbonyl (C=O) groups is 1. The van der Waals surface area contributed by atoms with E-state index < -0.39 is 5.82 Å². The zero-order chi connectivity index (χ0) is 15.7. The summed E-state index contributed by atoms with van der Waals surface area (Å²) in [5.74, 6) is -0.560. The Morgan fingerprint density at radius 2 is 2.00 bits per heavy atom. The van der Waals surface area contributed by atoms with Crippen molar-refractivity contribution in [3.05, 3.63) is 29.6 Å². The van der Waals surface area contributed by atoms with E-state index in [1.165, 1.54) is 6.07 Å². The molecular weight excluding hydrogens is 271 g/mol. The van der Waals surface area contributed by atoms with Gasteiger partial charge in [0.1, 0.15) is 0 Å². The van der Waals surface area contributed by atoms with E-state index in [1.807, 2.05) is 20.8 Å². The van der Waals surface area contributed by atoms with Crippen molar-refractivity contribution < 1.29 is 13.9 Å². The van der Waals surface area contributed by atoms with Gasteiger partial charge in [-0.1, -0.05) is 26.8 Å². The van der Waals surface area contributed by atoms with Gasteiger partial charge in [-0.3, -0.25) is 4.79 Å². The van der Waals surface area contributed by atoms with Crippen LogP contribution in [0.25, 0.3) is 0 Å². The molecule has 0 radical (unpaired) electrons. The minimum absolute atomic E-state index is 0.106. The minimum Gasteiger partial charge on any atom is -0.481 e. The molecule has 1 aromatic carbocycles. The summed E-state index contributed by atoms with van der Waals surface area (Å²) in [5, 5.41) is 5.97. The molecule has 5 heteroatoms. The highest BCUT2D eigenvalue weighted by Crippen LogP contribution is 2.18. The summed E-state index contributed by atoms with van der Waals surface area (Å²) in [5.41, 5.74) is 0.850. The molecule has 1 amide bonds. The van der Waals surface area contributed by atoms with Gasteiger partial charge in [-0.05, 0) is 37.1 Å². The fourth-order valence-corrected chi connectivity index (χ4v) is 1.95. The summed E-state index contributed by atoms with van der Waals surface area (Å²) >= 11 is 0. The molecule has 1 aromatic rings. The van der Waals surface area contributed by atoms with Crippen LogP contribution < -0.4 is 15.4 Å². The molecule has 0 saturated heterocycles. The molecule has 0 bridgehead atoms. The maximum Gasteiger partial charge on any atom is 0.258 e. The van der Waals surface area contributed by atoms with E-state index in [1.54, 1.807) is 12.1 Å². The molecule has 1 rings (SSSR count). The monoisotopic (exact) mass is 296 g/mol. The van der Waals surface area contributed by atoms with Crippen molar-refractivity contribution in [1.82, 2.24) is 10.6 Å². The lowest BCUT2D eigenvalue weighted by molar-refractivity contribution is -0.123. The number of ether oxygens (including phenoxy) is 1. The SMILES string of the molecule is CCNCc1ccc(OCC(=O)NC(CC)CC)c(F)c1. The quantitative estimate of drug-likeness (QED) is 0.736. The predicted molar refractivity (Wildman–Crippen MR) is 81.8 cm³/mol. The molecule has 0 saturated carbocycles. The van der Waals surface area contributed by atoms with E-state index in [0.717, 1.165) is 24.9 Å². The molecule has 0 unspecified atom stereocenters. The number of rotatable bonds is 9. The molecule has 0 heterocycles. The molecule has 21 heavy (non-hydrogen) atoms. The maximum absolute atomic E-state index is 13.8. The third-order valence-electron chi connectivity index (χ3n) is 3.28. The lowest BCUT2D eigenvalue weighted by Gasteiger charge is -2.15. The lowest BCUT2D eigenvalue weighted by atomic mass is 10.2. The Kier molecular flexibility index (Phi) is 7.75. The van der Waals surface area contributed by atoms with Gasteiger partial charge < -0.3 is 15.4 Å². The molecule has 0 aromatic heterocycles. The zero-order valence-corrected chi connectivity index (χ0v) is 13.0. The van der Waals surface area contributed by atoms with E-state index in [0.29, 0.717) is 6.54 Å².